The number of unbranched alkanes of at least 4 members (excludes halogenated alkanes) is 5. The van der Waals surface area contributed by atoms with Gasteiger partial charge in [-0.3, -0.25) is 4.79 Å². The molecule has 0 heterocycles. The summed E-state index contributed by atoms with van der Waals surface area (Å²) in [6.45, 7) is 1.57. The molecule has 0 aromatic rings. The summed E-state index contributed by atoms with van der Waals surface area (Å²) in [5, 5.41) is 26.9. The lowest BCUT2D eigenvalue weighted by molar-refractivity contribution is -0.134. The zero-order valence-electron chi connectivity index (χ0n) is 10.1. The fourth-order valence-electron chi connectivity index (χ4n) is 1.54. The smallest absolute Gasteiger partial charge is 0.164 e. The van der Waals surface area contributed by atoms with Gasteiger partial charge in [-0.15, -0.1) is 0 Å². The van der Waals surface area contributed by atoms with Crippen molar-refractivity contribution in [2.24, 2.45) is 0 Å². The standard InChI is InChI=1S/C12H24O4/c1-2-3-4-5-6-7-8-10(14)12(16)11(15)9-13/h11-13,15-16H,2-9H2,1H3. The van der Waals surface area contributed by atoms with E-state index in [1.54, 1.807) is 0 Å². The fourth-order valence-corrected chi connectivity index (χ4v) is 1.54. The third-order valence-corrected chi connectivity index (χ3v) is 2.66. The van der Waals surface area contributed by atoms with Crippen molar-refractivity contribution in [3.05, 3.63) is 0 Å². The summed E-state index contributed by atoms with van der Waals surface area (Å²) in [5.41, 5.74) is 0. The molecular formula is C12H24O4. The van der Waals surface area contributed by atoms with Gasteiger partial charge >= 0.3 is 0 Å². The van der Waals surface area contributed by atoms with E-state index >= 15 is 0 Å². The number of aliphatic hydroxyl groups excluding tert-OH is 3. The van der Waals surface area contributed by atoms with E-state index in [0.717, 1.165) is 19.3 Å². The molecule has 2 unspecified atom stereocenters. The minimum Gasteiger partial charge on any atom is -0.394 e. The molecule has 0 rings (SSSR count). The molecule has 0 saturated carbocycles. The second-order valence-electron chi connectivity index (χ2n) is 4.18. The van der Waals surface area contributed by atoms with Gasteiger partial charge in [0.1, 0.15) is 12.2 Å². The van der Waals surface area contributed by atoms with Crippen LogP contribution in [0.15, 0.2) is 0 Å². The number of ketones is 1. The van der Waals surface area contributed by atoms with Gasteiger partial charge in [0, 0.05) is 6.42 Å². The monoisotopic (exact) mass is 232 g/mol. The second-order valence-corrected chi connectivity index (χ2v) is 4.18. The molecule has 0 saturated heterocycles. The van der Waals surface area contributed by atoms with Gasteiger partial charge in [-0.1, -0.05) is 39.0 Å². The Hall–Kier alpha value is -0.450. The van der Waals surface area contributed by atoms with Crippen molar-refractivity contribution < 1.29 is 20.1 Å². The quantitative estimate of drug-likeness (QED) is 0.491. The van der Waals surface area contributed by atoms with Crippen molar-refractivity contribution in [3.8, 4) is 0 Å². The molecule has 4 heteroatoms. The maximum absolute atomic E-state index is 11.3. The molecule has 4 nitrogen and oxygen atoms in total. The van der Waals surface area contributed by atoms with Crippen molar-refractivity contribution in [2.75, 3.05) is 6.61 Å². The summed E-state index contributed by atoms with van der Waals surface area (Å²) in [6, 6.07) is 0. The summed E-state index contributed by atoms with van der Waals surface area (Å²) >= 11 is 0. The third-order valence-electron chi connectivity index (χ3n) is 2.66. The molecule has 2 atom stereocenters. The zero-order valence-corrected chi connectivity index (χ0v) is 10.1. The first kappa shape index (κ1) is 15.6. The predicted octanol–water partition coefficient (Wildman–Crippen LogP) is 1.02. The number of carbonyl (C=O) groups is 1. The SMILES string of the molecule is CCCCCCCCC(=O)C(O)C(O)CO. The maximum Gasteiger partial charge on any atom is 0.164 e. The predicted molar refractivity (Wildman–Crippen MR) is 62.1 cm³/mol. The summed E-state index contributed by atoms with van der Waals surface area (Å²) in [4.78, 5) is 11.3. The number of aliphatic hydroxyl groups is 3. The van der Waals surface area contributed by atoms with E-state index < -0.39 is 18.8 Å². The van der Waals surface area contributed by atoms with Crippen molar-refractivity contribution >= 4 is 5.78 Å². The van der Waals surface area contributed by atoms with E-state index in [4.69, 9.17) is 10.2 Å². The van der Waals surface area contributed by atoms with Crippen LogP contribution in [0.4, 0.5) is 0 Å². The minimum absolute atomic E-state index is 0.282. The van der Waals surface area contributed by atoms with Gasteiger partial charge in [0.25, 0.3) is 0 Å². The summed E-state index contributed by atoms with van der Waals surface area (Å²) in [7, 11) is 0. The summed E-state index contributed by atoms with van der Waals surface area (Å²) in [6.07, 6.45) is 3.95. The molecule has 16 heavy (non-hydrogen) atoms. The Balaban J connectivity index is 3.50. The van der Waals surface area contributed by atoms with Crippen molar-refractivity contribution in [3.63, 3.8) is 0 Å². The number of hydrogen-bond donors (Lipinski definition) is 3. The van der Waals surface area contributed by atoms with Crippen LogP contribution in [0.5, 0.6) is 0 Å². The van der Waals surface area contributed by atoms with Crippen LogP contribution in [0.3, 0.4) is 0 Å². The number of carbonyl (C=O) groups excluding carboxylic acids is 1. The Bertz CT molecular complexity index is 182. The van der Waals surface area contributed by atoms with Gasteiger partial charge in [0.2, 0.25) is 0 Å². The first-order valence-electron chi connectivity index (χ1n) is 6.13. The van der Waals surface area contributed by atoms with Crippen LogP contribution in [0.1, 0.15) is 51.9 Å². The normalized spacial score (nSPS) is 14.8. The topological polar surface area (TPSA) is 77.8 Å². The van der Waals surface area contributed by atoms with Crippen LogP contribution in [-0.4, -0.2) is 39.9 Å². The first-order chi connectivity index (χ1) is 7.63. The minimum atomic E-state index is -1.43. The number of hydrogen-bond acceptors (Lipinski definition) is 4. The van der Waals surface area contributed by atoms with Crippen LogP contribution in [0.2, 0.25) is 0 Å². The Labute approximate surface area is 97.3 Å². The van der Waals surface area contributed by atoms with E-state index in [1.807, 2.05) is 0 Å². The highest BCUT2D eigenvalue weighted by molar-refractivity contribution is 5.83. The van der Waals surface area contributed by atoms with Gasteiger partial charge in [-0.25, -0.2) is 0 Å². The number of rotatable bonds is 10. The van der Waals surface area contributed by atoms with Crippen molar-refractivity contribution in [2.45, 2.75) is 64.1 Å². The molecule has 0 bridgehead atoms. The second kappa shape index (κ2) is 9.75. The van der Waals surface area contributed by atoms with Crippen LogP contribution in [0, 0.1) is 0 Å². The fraction of sp³-hybridized carbons (Fsp3) is 0.917. The Morgan fingerprint density at radius 3 is 2.19 bits per heavy atom. The van der Waals surface area contributed by atoms with E-state index in [-0.39, 0.29) is 12.2 Å². The van der Waals surface area contributed by atoms with E-state index in [2.05, 4.69) is 6.92 Å². The molecule has 0 amide bonds. The molecule has 0 aliphatic heterocycles. The lowest BCUT2D eigenvalue weighted by Crippen LogP contribution is -2.36. The summed E-state index contributed by atoms with van der Waals surface area (Å²) in [5.74, 6) is -0.378. The molecular weight excluding hydrogens is 208 g/mol. The van der Waals surface area contributed by atoms with E-state index in [9.17, 15) is 9.90 Å². The maximum atomic E-state index is 11.3. The lowest BCUT2D eigenvalue weighted by atomic mass is 10.0. The van der Waals surface area contributed by atoms with Gasteiger partial charge in [0.15, 0.2) is 5.78 Å². The van der Waals surface area contributed by atoms with Crippen molar-refractivity contribution in [1.29, 1.82) is 0 Å². The Morgan fingerprint density at radius 1 is 1.06 bits per heavy atom. The van der Waals surface area contributed by atoms with Gasteiger partial charge < -0.3 is 15.3 Å². The number of Topliss-reactive ketones (excluding diaryl/α,β-unsaturated/α-hetero) is 1. The average Bonchev–Trinajstić information content (AvgIpc) is 2.31. The van der Waals surface area contributed by atoms with Crippen LogP contribution >= 0.6 is 0 Å². The molecule has 0 aromatic carbocycles. The first-order valence-corrected chi connectivity index (χ1v) is 6.13. The molecule has 0 spiro atoms. The van der Waals surface area contributed by atoms with Crippen molar-refractivity contribution in [1.82, 2.24) is 0 Å². The Kier molecular flexibility index (Phi) is 9.48. The van der Waals surface area contributed by atoms with Crippen LogP contribution in [0.25, 0.3) is 0 Å². The van der Waals surface area contributed by atoms with E-state index in [1.165, 1.54) is 19.3 Å². The molecule has 0 radical (unpaired) electrons. The summed E-state index contributed by atoms with van der Waals surface area (Å²) < 4.78 is 0. The van der Waals surface area contributed by atoms with Crippen LogP contribution < -0.4 is 0 Å². The zero-order chi connectivity index (χ0) is 12.4. The molecule has 0 fully saturated rings. The van der Waals surface area contributed by atoms with Gasteiger partial charge in [-0.2, -0.15) is 0 Å². The van der Waals surface area contributed by atoms with E-state index in [0.29, 0.717) is 0 Å². The average molecular weight is 232 g/mol. The largest absolute Gasteiger partial charge is 0.394 e. The van der Waals surface area contributed by atoms with Gasteiger partial charge in [-0.05, 0) is 6.42 Å². The molecule has 3 N–H and O–H groups in total. The Morgan fingerprint density at radius 2 is 1.62 bits per heavy atom. The molecule has 0 aromatic heterocycles. The highest BCUT2D eigenvalue weighted by atomic mass is 16.4. The van der Waals surface area contributed by atoms with Crippen LogP contribution in [-0.2, 0) is 4.79 Å². The molecule has 0 aliphatic carbocycles. The lowest BCUT2D eigenvalue weighted by Gasteiger charge is -2.13. The molecule has 96 valence electrons. The van der Waals surface area contributed by atoms with Gasteiger partial charge in [0.05, 0.1) is 6.61 Å². The highest BCUT2D eigenvalue weighted by Crippen LogP contribution is 2.09. The highest BCUT2D eigenvalue weighted by Gasteiger charge is 2.22. The third kappa shape index (κ3) is 6.93. The molecule has 0 aliphatic rings.